The highest BCUT2D eigenvalue weighted by Crippen LogP contribution is 2.75. The number of benzene rings is 2. The maximum absolute atomic E-state index is 15.2. The Hall–Kier alpha value is -1.91. The van der Waals surface area contributed by atoms with Crippen molar-refractivity contribution in [3.8, 4) is 16.2 Å². The average Bonchev–Trinajstić information content (AvgIpc) is 3.28. The number of ether oxygens (including phenoxy) is 2. The van der Waals surface area contributed by atoms with E-state index < -0.39 is 0 Å². The fourth-order valence-electron chi connectivity index (χ4n) is 7.82. The molecule has 4 aliphatic rings. The van der Waals surface area contributed by atoms with Crippen LogP contribution in [-0.4, -0.2) is 13.9 Å². The van der Waals surface area contributed by atoms with Crippen LogP contribution in [0.4, 0.5) is 4.39 Å². The minimum Gasteiger partial charge on any atom is -0.467 e. The summed E-state index contributed by atoms with van der Waals surface area (Å²) >= 11 is 1.70. The second-order valence-corrected chi connectivity index (χ2v) is 12.0. The molecular formula is C27H29FO2S. The van der Waals surface area contributed by atoms with Crippen LogP contribution in [0.5, 0.6) is 5.75 Å². The summed E-state index contributed by atoms with van der Waals surface area (Å²) in [4.78, 5) is 1.05. The van der Waals surface area contributed by atoms with Crippen LogP contribution in [0.25, 0.3) is 20.5 Å². The molecule has 0 radical (unpaired) electrons. The monoisotopic (exact) mass is 436 g/mol. The van der Waals surface area contributed by atoms with Gasteiger partial charge in [0, 0.05) is 33.2 Å². The fraction of sp³-hybridized carbons (Fsp3) is 0.481. The molecule has 0 aliphatic heterocycles. The highest BCUT2D eigenvalue weighted by Gasteiger charge is 2.66. The molecule has 4 aliphatic carbocycles. The Morgan fingerprint density at radius 3 is 2.65 bits per heavy atom. The van der Waals surface area contributed by atoms with Gasteiger partial charge in [0.1, 0.15) is 11.6 Å². The van der Waals surface area contributed by atoms with Crippen LogP contribution in [0.3, 0.4) is 0 Å². The predicted molar refractivity (Wildman–Crippen MR) is 124 cm³/mol. The Labute approximate surface area is 187 Å². The SMILES string of the molecule is COCOc1c(-c2cc3ccccc3s2)cc(F)cc1C12CC3CC(C)(C1)CC3(C)C2. The molecule has 2 nitrogen and oxygen atoms in total. The van der Waals surface area contributed by atoms with Crippen LogP contribution < -0.4 is 4.74 Å². The molecule has 4 fully saturated rings. The van der Waals surface area contributed by atoms with Crippen LogP contribution >= 0.6 is 11.3 Å². The number of fused-ring (bicyclic) bond motifs is 1. The van der Waals surface area contributed by atoms with E-state index in [1.165, 1.54) is 22.9 Å². The zero-order valence-electron chi connectivity index (χ0n) is 18.5. The molecule has 4 saturated carbocycles. The van der Waals surface area contributed by atoms with E-state index in [2.05, 4.69) is 38.1 Å². The van der Waals surface area contributed by atoms with Crippen molar-refractivity contribution in [1.29, 1.82) is 0 Å². The zero-order valence-corrected chi connectivity index (χ0v) is 19.3. The van der Waals surface area contributed by atoms with E-state index in [4.69, 9.17) is 9.47 Å². The van der Waals surface area contributed by atoms with E-state index in [1.807, 2.05) is 6.07 Å². The van der Waals surface area contributed by atoms with Crippen molar-refractivity contribution >= 4 is 21.4 Å². The van der Waals surface area contributed by atoms with Crippen molar-refractivity contribution in [3.63, 3.8) is 0 Å². The van der Waals surface area contributed by atoms with E-state index in [0.717, 1.165) is 46.9 Å². The van der Waals surface area contributed by atoms with Crippen LogP contribution in [0.15, 0.2) is 42.5 Å². The standard InChI is InChI=1S/C27H29FO2S/c1-25-11-18-12-27(14-25,15-26(18,2)13-25)21-10-19(28)9-20(24(21)30-16-29-3)23-8-17-6-4-5-7-22(17)31-23/h4-10,18H,11-16H2,1-3H3. The van der Waals surface area contributed by atoms with Gasteiger partial charge in [-0.1, -0.05) is 32.0 Å². The molecule has 2 aromatic carbocycles. The maximum atomic E-state index is 15.2. The molecule has 1 aromatic heterocycles. The normalized spacial score (nSPS) is 33.5. The first-order chi connectivity index (χ1) is 14.8. The number of hydrogen-bond donors (Lipinski definition) is 0. The molecule has 0 amide bonds. The van der Waals surface area contributed by atoms with Gasteiger partial charge in [0.25, 0.3) is 0 Å². The lowest BCUT2D eigenvalue weighted by Gasteiger charge is -2.46. The smallest absolute Gasteiger partial charge is 0.188 e. The number of thiophene rings is 1. The number of methoxy groups -OCH3 is 1. The van der Waals surface area contributed by atoms with Crippen LogP contribution in [0.2, 0.25) is 0 Å². The third-order valence-electron chi connectivity index (χ3n) is 8.34. The Morgan fingerprint density at radius 2 is 1.90 bits per heavy atom. The third kappa shape index (κ3) is 2.91. The molecule has 0 saturated heterocycles. The summed E-state index contributed by atoms with van der Waals surface area (Å²) in [5.41, 5.74) is 2.66. The maximum Gasteiger partial charge on any atom is 0.188 e. The molecule has 162 valence electrons. The van der Waals surface area contributed by atoms with E-state index >= 15 is 4.39 Å². The number of halogens is 1. The highest BCUT2D eigenvalue weighted by molar-refractivity contribution is 7.22. The van der Waals surface area contributed by atoms with Crippen molar-refractivity contribution in [2.45, 2.75) is 51.4 Å². The van der Waals surface area contributed by atoms with Crippen molar-refractivity contribution in [2.75, 3.05) is 13.9 Å². The molecule has 0 N–H and O–H groups in total. The summed E-state index contributed by atoms with van der Waals surface area (Å²) in [5, 5.41) is 1.18. The first-order valence-corrected chi connectivity index (χ1v) is 12.1. The molecule has 4 bridgehead atoms. The Balaban J connectivity index is 1.54. The van der Waals surface area contributed by atoms with Gasteiger partial charge in [0.15, 0.2) is 6.79 Å². The molecule has 7 rings (SSSR count). The van der Waals surface area contributed by atoms with E-state index in [1.54, 1.807) is 30.6 Å². The summed E-state index contributed by atoms with van der Waals surface area (Å²) in [5.74, 6) is 1.39. The van der Waals surface area contributed by atoms with E-state index in [-0.39, 0.29) is 18.0 Å². The van der Waals surface area contributed by atoms with Gasteiger partial charge in [-0.2, -0.15) is 0 Å². The summed E-state index contributed by atoms with van der Waals surface area (Å²) in [7, 11) is 1.64. The van der Waals surface area contributed by atoms with Crippen LogP contribution in [-0.2, 0) is 10.2 Å². The van der Waals surface area contributed by atoms with E-state index in [9.17, 15) is 0 Å². The van der Waals surface area contributed by atoms with Crippen LogP contribution in [0.1, 0.15) is 51.5 Å². The molecule has 0 spiro atoms. The Morgan fingerprint density at radius 1 is 1.06 bits per heavy atom. The molecule has 3 aromatic rings. The molecular weight excluding hydrogens is 407 g/mol. The molecule has 1 heterocycles. The minimum atomic E-state index is -0.167. The average molecular weight is 437 g/mol. The van der Waals surface area contributed by atoms with Crippen molar-refractivity contribution in [2.24, 2.45) is 16.7 Å². The fourth-order valence-corrected chi connectivity index (χ4v) is 8.90. The van der Waals surface area contributed by atoms with Gasteiger partial charge < -0.3 is 9.47 Å². The van der Waals surface area contributed by atoms with Gasteiger partial charge in [-0.05, 0) is 78.5 Å². The Bertz CT molecular complexity index is 1150. The second kappa shape index (κ2) is 6.55. The highest BCUT2D eigenvalue weighted by atomic mass is 32.1. The van der Waals surface area contributed by atoms with Crippen molar-refractivity contribution < 1.29 is 13.9 Å². The van der Waals surface area contributed by atoms with Crippen molar-refractivity contribution in [3.05, 3.63) is 53.8 Å². The van der Waals surface area contributed by atoms with Gasteiger partial charge in [0.05, 0.1) is 0 Å². The molecule has 4 atom stereocenters. The summed E-state index contributed by atoms with van der Waals surface area (Å²) in [6.45, 7) is 5.08. The summed E-state index contributed by atoms with van der Waals surface area (Å²) in [6.07, 6.45) is 6.04. The van der Waals surface area contributed by atoms with Crippen LogP contribution in [0, 0.1) is 22.6 Å². The minimum absolute atomic E-state index is 0.00126. The largest absolute Gasteiger partial charge is 0.467 e. The molecule has 4 heteroatoms. The van der Waals surface area contributed by atoms with Gasteiger partial charge >= 0.3 is 0 Å². The number of hydrogen-bond acceptors (Lipinski definition) is 3. The van der Waals surface area contributed by atoms with Crippen molar-refractivity contribution in [1.82, 2.24) is 0 Å². The van der Waals surface area contributed by atoms with Gasteiger partial charge in [-0.15, -0.1) is 11.3 Å². The lowest BCUT2D eigenvalue weighted by molar-refractivity contribution is 0.0472. The first-order valence-electron chi connectivity index (χ1n) is 11.3. The molecule has 4 unspecified atom stereocenters. The van der Waals surface area contributed by atoms with E-state index in [0.29, 0.717) is 10.8 Å². The number of rotatable bonds is 5. The topological polar surface area (TPSA) is 18.5 Å². The third-order valence-corrected chi connectivity index (χ3v) is 9.49. The quantitative estimate of drug-likeness (QED) is 0.384. The van der Waals surface area contributed by atoms with Gasteiger partial charge in [0.2, 0.25) is 0 Å². The summed E-state index contributed by atoms with van der Waals surface area (Å²) < 4.78 is 27.9. The second-order valence-electron chi connectivity index (χ2n) is 10.9. The zero-order chi connectivity index (χ0) is 21.4. The first kappa shape index (κ1) is 19.8. The lowest BCUT2D eigenvalue weighted by atomic mass is 9.58. The predicted octanol–water partition coefficient (Wildman–Crippen LogP) is 7.55. The van der Waals surface area contributed by atoms with Gasteiger partial charge in [-0.25, -0.2) is 4.39 Å². The lowest BCUT2D eigenvalue weighted by Crippen LogP contribution is -2.38. The molecule has 31 heavy (non-hydrogen) atoms. The van der Waals surface area contributed by atoms with Gasteiger partial charge in [-0.3, -0.25) is 0 Å². The Kier molecular flexibility index (Phi) is 4.17. The summed E-state index contributed by atoms with van der Waals surface area (Å²) in [6, 6.07) is 13.9.